The van der Waals surface area contributed by atoms with Crippen molar-refractivity contribution >= 4 is 5.91 Å². The summed E-state index contributed by atoms with van der Waals surface area (Å²) in [6.07, 6.45) is 4.53. The predicted molar refractivity (Wildman–Crippen MR) is 111 cm³/mol. The lowest BCUT2D eigenvalue weighted by atomic mass is 10.0. The number of nitrogens with one attached hydrogen (secondary N) is 1. The van der Waals surface area contributed by atoms with Gasteiger partial charge in [-0.3, -0.25) is 9.69 Å². The minimum atomic E-state index is -0.237. The van der Waals surface area contributed by atoms with Gasteiger partial charge in [0.2, 0.25) is 5.91 Å². The number of carbonyl (C=O) groups excluding carboxylic acids is 1. The Morgan fingerprint density at radius 2 is 1.79 bits per heavy atom. The lowest BCUT2D eigenvalue weighted by molar-refractivity contribution is -0.122. The number of likely N-dealkylation sites (tertiary alicyclic amines) is 1. The standard InChI is InChI=1S/C24H29FN2O2/c1-29-20-11-7-18(8-12-20)23(27-13-3-2-4-14-27)16-26-24(28)22-15-21(22)17-5-9-19(25)10-6-17/h5-12,21-23H,2-4,13-16H2,1H3,(H,26,28). The van der Waals surface area contributed by atoms with E-state index in [1.165, 1.54) is 37.0 Å². The Bertz CT molecular complexity index is 816. The fraction of sp³-hybridized carbons (Fsp3) is 0.458. The van der Waals surface area contributed by atoms with Crippen LogP contribution in [0.4, 0.5) is 4.39 Å². The number of rotatable bonds is 7. The third-order valence-corrected chi connectivity index (χ3v) is 6.23. The Morgan fingerprint density at radius 3 is 2.45 bits per heavy atom. The van der Waals surface area contributed by atoms with Crippen LogP contribution < -0.4 is 10.1 Å². The van der Waals surface area contributed by atoms with Gasteiger partial charge in [-0.2, -0.15) is 0 Å². The number of halogens is 1. The van der Waals surface area contributed by atoms with E-state index in [0.29, 0.717) is 6.54 Å². The normalized spacial score (nSPS) is 22.7. The van der Waals surface area contributed by atoms with E-state index in [0.717, 1.165) is 30.8 Å². The molecule has 29 heavy (non-hydrogen) atoms. The van der Waals surface area contributed by atoms with Crippen LogP contribution in [0.15, 0.2) is 48.5 Å². The van der Waals surface area contributed by atoms with Crippen LogP contribution in [-0.4, -0.2) is 37.6 Å². The Balaban J connectivity index is 1.39. The van der Waals surface area contributed by atoms with Crippen molar-refractivity contribution in [3.05, 3.63) is 65.5 Å². The van der Waals surface area contributed by atoms with Crippen molar-refractivity contribution in [3.63, 3.8) is 0 Å². The van der Waals surface area contributed by atoms with Crippen molar-refractivity contribution < 1.29 is 13.9 Å². The first kappa shape index (κ1) is 19.9. The summed E-state index contributed by atoms with van der Waals surface area (Å²) in [5.74, 6) is 0.924. The van der Waals surface area contributed by atoms with Crippen molar-refractivity contribution in [1.29, 1.82) is 0 Å². The maximum atomic E-state index is 13.1. The van der Waals surface area contributed by atoms with Gasteiger partial charge in [0.05, 0.1) is 13.2 Å². The van der Waals surface area contributed by atoms with Crippen LogP contribution >= 0.6 is 0 Å². The highest BCUT2D eigenvalue weighted by Crippen LogP contribution is 2.47. The maximum Gasteiger partial charge on any atom is 0.223 e. The predicted octanol–water partition coefficient (Wildman–Crippen LogP) is 4.28. The fourth-order valence-electron chi connectivity index (χ4n) is 4.41. The molecule has 1 N–H and O–H groups in total. The average Bonchev–Trinajstić information content (AvgIpc) is 3.56. The smallest absolute Gasteiger partial charge is 0.223 e. The Labute approximate surface area is 172 Å². The zero-order chi connectivity index (χ0) is 20.2. The Hall–Kier alpha value is -2.40. The van der Waals surface area contributed by atoms with Crippen LogP contribution in [0.1, 0.15) is 48.8 Å². The maximum absolute atomic E-state index is 13.1. The molecular formula is C24H29FN2O2. The van der Waals surface area contributed by atoms with Crippen LogP contribution in [0.2, 0.25) is 0 Å². The Kier molecular flexibility index (Phi) is 6.14. The molecule has 1 amide bonds. The number of hydrogen-bond donors (Lipinski definition) is 1. The average molecular weight is 397 g/mol. The molecule has 4 nitrogen and oxygen atoms in total. The topological polar surface area (TPSA) is 41.6 Å². The van der Waals surface area contributed by atoms with E-state index in [1.54, 1.807) is 19.2 Å². The molecule has 0 spiro atoms. The van der Waals surface area contributed by atoms with E-state index in [2.05, 4.69) is 22.3 Å². The quantitative estimate of drug-likeness (QED) is 0.759. The van der Waals surface area contributed by atoms with E-state index >= 15 is 0 Å². The second-order valence-corrected chi connectivity index (χ2v) is 8.13. The molecular weight excluding hydrogens is 367 g/mol. The van der Waals surface area contributed by atoms with Crippen LogP contribution in [0.25, 0.3) is 0 Å². The summed E-state index contributed by atoms with van der Waals surface area (Å²) in [5, 5.41) is 3.19. The summed E-state index contributed by atoms with van der Waals surface area (Å²) in [4.78, 5) is 15.2. The number of carbonyl (C=O) groups is 1. The number of piperidine rings is 1. The molecule has 1 heterocycles. The molecule has 4 rings (SSSR count). The van der Waals surface area contributed by atoms with Gasteiger partial charge in [-0.05, 0) is 73.7 Å². The lowest BCUT2D eigenvalue weighted by Crippen LogP contribution is -2.41. The molecule has 2 aliphatic rings. The largest absolute Gasteiger partial charge is 0.497 e. The van der Waals surface area contributed by atoms with Crippen molar-refractivity contribution in [2.75, 3.05) is 26.7 Å². The molecule has 1 saturated heterocycles. The van der Waals surface area contributed by atoms with E-state index in [9.17, 15) is 9.18 Å². The number of nitrogens with zero attached hydrogens (tertiary/aromatic N) is 1. The minimum Gasteiger partial charge on any atom is -0.497 e. The second kappa shape index (κ2) is 8.95. The molecule has 2 aromatic rings. The lowest BCUT2D eigenvalue weighted by Gasteiger charge is -2.35. The van der Waals surface area contributed by atoms with Gasteiger partial charge in [0.15, 0.2) is 0 Å². The summed E-state index contributed by atoms with van der Waals surface area (Å²) in [6, 6.07) is 14.9. The van der Waals surface area contributed by atoms with Gasteiger partial charge in [0, 0.05) is 12.5 Å². The molecule has 2 aromatic carbocycles. The molecule has 0 bridgehead atoms. The summed E-state index contributed by atoms with van der Waals surface area (Å²) >= 11 is 0. The van der Waals surface area contributed by atoms with Gasteiger partial charge < -0.3 is 10.1 Å². The first-order valence-corrected chi connectivity index (χ1v) is 10.6. The summed E-state index contributed by atoms with van der Waals surface area (Å²) < 4.78 is 18.4. The van der Waals surface area contributed by atoms with Gasteiger partial charge in [-0.15, -0.1) is 0 Å². The van der Waals surface area contributed by atoms with Gasteiger partial charge in [-0.1, -0.05) is 30.7 Å². The zero-order valence-electron chi connectivity index (χ0n) is 16.9. The first-order valence-electron chi connectivity index (χ1n) is 10.6. The van der Waals surface area contributed by atoms with Crippen LogP contribution in [0.3, 0.4) is 0 Å². The second-order valence-electron chi connectivity index (χ2n) is 8.13. The van der Waals surface area contributed by atoms with Crippen LogP contribution in [-0.2, 0) is 4.79 Å². The van der Waals surface area contributed by atoms with Crippen molar-refractivity contribution in [2.45, 2.75) is 37.6 Å². The SMILES string of the molecule is COc1ccc(C(CNC(=O)C2CC2c2ccc(F)cc2)N2CCCCC2)cc1. The van der Waals surface area contributed by atoms with Gasteiger partial charge in [0.25, 0.3) is 0 Å². The third kappa shape index (κ3) is 4.78. The number of ether oxygens (including phenoxy) is 1. The van der Waals surface area contributed by atoms with Crippen molar-refractivity contribution in [2.24, 2.45) is 5.92 Å². The highest BCUT2D eigenvalue weighted by molar-refractivity contribution is 5.82. The molecule has 1 aliphatic carbocycles. The monoisotopic (exact) mass is 396 g/mol. The summed E-state index contributed by atoms with van der Waals surface area (Å²) in [7, 11) is 1.67. The molecule has 154 valence electrons. The molecule has 3 atom stereocenters. The first-order chi connectivity index (χ1) is 14.2. The highest BCUT2D eigenvalue weighted by Gasteiger charge is 2.44. The van der Waals surface area contributed by atoms with E-state index in [1.807, 2.05) is 12.1 Å². The van der Waals surface area contributed by atoms with Gasteiger partial charge in [-0.25, -0.2) is 4.39 Å². The van der Waals surface area contributed by atoms with Crippen molar-refractivity contribution in [3.8, 4) is 5.75 Å². The molecule has 0 radical (unpaired) electrons. The van der Waals surface area contributed by atoms with Crippen LogP contribution in [0, 0.1) is 11.7 Å². The third-order valence-electron chi connectivity index (χ3n) is 6.23. The minimum absolute atomic E-state index is 0.00154. The van der Waals surface area contributed by atoms with Gasteiger partial charge >= 0.3 is 0 Å². The summed E-state index contributed by atoms with van der Waals surface area (Å²) in [6.45, 7) is 2.74. The van der Waals surface area contributed by atoms with E-state index in [-0.39, 0.29) is 29.6 Å². The molecule has 5 heteroatoms. The summed E-state index contributed by atoms with van der Waals surface area (Å²) in [5.41, 5.74) is 2.26. The van der Waals surface area contributed by atoms with E-state index in [4.69, 9.17) is 4.74 Å². The number of methoxy groups -OCH3 is 1. The number of amides is 1. The zero-order valence-corrected chi connectivity index (χ0v) is 16.9. The number of benzene rings is 2. The van der Waals surface area contributed by atoms with E-state index < -0.39 is 0 Å². The Morgan fingerprint density at radius 1 is 1.10 bits per heavy atom. The molecule has 1 aliphatic heterocycles. The molecule has 3 unspecified atom stereocenters. The number of hydrogen-bond acceptors (Lipinski definition) is 3. The fourth-order valence-corrected chi connectivity index (χ4v) is 4.41. The molecule has 2 fully saturated rings. The molecule has 1 saturated carbocycles. The highest BCUT2D eigenvalue weighted by atomic mass is 19.1. The van der Waals surface area contributed by atoms with Crippen LogP contribution in [0.5, 0.6) is 5.75 Å². The molecule has 0 aromatic heterocycles. The van der Waals surface area contributed by atoms with Gasteiger partial charge in [0.1, 0.15) is 11.6 Å². The van der Waals surface area contributed by atoms with Crippen molar-refractivity contribution in [1.82, 2.24) is 10.2 Å².